The number of anilines is 1. The number of imidazole rings is 1. The summed E-state index contributed by atoms with van der Waals surface area (Å²) in [5.74, 6) is 6.29. The molecular formula is C25H20N4O. The maximum Gasteiger partial charge on any atom is 0.255 e. The van der Waals surface area contributed by atoms with Gasteiger partial charge in [0, 0.05) is 29.2 Å². The van der Waals surface area contributed by atoms with Gasteiger partial charge in [0.25, 0.3) is 5.91 Å². The van der Waals surface area contributed by atoms with Gasteiger partial charge in [-0.1, -0.05) is 18.1 Å². The summed E-state index contributed by atoms with van der Waals surface area (Å²) in [6.45, 7) is 2.01. The van der Waals surface area contributed by atoms with E-state index in [0.717, 1.165) is 41.0 Å². The molecule has 0 aliphatic heterocycles. The molecule has 5 nitrogen and oxygen atoms in total. The number of aryl methyl sites for hydroxylation is 3. The molecule has 0 atom stereocenters. The largest absolute Gasteiger partial charge is 0.322 e. The molecule has 0 saturated carbocycles. The molecule has 30 heavy (non-hydrogen) atoms. The molecule has 1 amide bonds. The lowest BCUT2D eigenvalue weighted by Crippen LogP contribution is -2.12. The maximum atomic E-state index is 12.7. The number of hydrogen-bond donors (Lipinski definition) is 1. The quantitative estimate of drug-likeness (QED) is 0.521. The number of carbonyl (C=O) groups excluding carboxylic acids is 1. The number of carbonyl (C=O) groups is 1. The molecule has 146 valence electrons. The highest BCUT2D eigenvalue weighted by Gasteiger charge is 2.14. The third-order valence-electron chi connectivity index (χ3n) is 5.50. The van der Waals surface area contributed by atoms with Crippen LogP contribution >= 0.6 is 0 Å². The highest BCUT2D eigenvalue weighted by Crippen LogP contribution is 2.23. The topological polar surface area (TPSA) is 59.3 Å². The number of benzene rings is 2. The van der Waals surface area contributed by atoms with Crippen LogP contribution in [0.1, 0.15) is 44.7 Å². The Bertz CT molecular complexity index is 1340. The lowest BCUT2D eigenvalue weighted by Gasteiger charge is -2.09. The standard InChI is InChI=1S/C25H20N4O/c1-17-5-9-22(28-25(30)21-7-6-18-3-2-4-20(18)13-21)14-19(17)8-10-23-15-27-24-16-26-11-12-29(23)24/h5-7,9,11-16H,2-4H2,1H3,(H,28,30). The van der Waals surface area contributed by atoms with Crippen LogP contribution in [0.2, 0.25) is 0 Å². The van der Waals surface area contributed by atoms with Crippen LogP contribution in [0.4, 0.5) is 5.69 Å². The smallest absolute Gasteiger partial charge is 0.255 e. The van der Waals surface area contributed by atoms with Crippen molar-refractivity contribution in [2.24, 2.45) is 0 Å². The van der Waals surface area contributed by atoms with Crippen molar-refractivity contribution in [3.05, 3.63) is 94.7 Å². The zero-order chi connectivity index (χ0) is 20.5. The highest BCUT2D eigenvalue weighted by atomic mass is 16.1. The predicted molar refractivity (Wildman–Crippen MR) is 117 cm³/mol. The minimum Gasteiger partial charge on any atom is -0.322 e. The fourth-order valence-corrected chi connectivity index (χ4v) is 3.82. The summed E-state index contributed by atoms with van der Waals surface area (Å²) in [4.78, 5) is 21.1. The number of amides is 1. The second kappa shape index (κ2) is 7.49. The predicted octanol–water partition coefficient (Wildman–Crippen LogP) is 4.18. The zero-order valence-electron chi connectivity index (χ0n) is 16.6. The van der Waals surface area contributed by atoms with Crippen molar-refractivity contribution in [3.63, 3.8) is 0 Å². The Balaban J connectivity index is 1.39. The minimum atomic E-state index is -0.0956. The van der Waals surface area contributed by atoms with E-state index in [1.165, 1.54) is 17.5 Å². The van der Waals surface area contributed by atoms with E-state index in [1.807, 2.05) is 47.9 Å². The molecule has 2 heterocycles. The first-order chi connectivity index (χ1) is 14.7. The van der Waals surface area contributed by atoms with Crippen LogP contribution in [0.5, 0.6) is 0 Å². The first kappa shape index (κ1) is 18.1. The molecule has 1 aliphatic carbocycles. The second-order valence-corrected chi connectivity index (χ2v) is 7.52. The van der Waals surface area contributed by atoms with Gasteiger partial charge in [-0.2, -0.15) is 0 Å². The van der Waals surface area contributed by atoms with E-state index in [2.05, 4.69) is 33.2 Å². The summed E-state index contributed by atoms with van der Waals surface area (Å²) in [7, 11) is 0. The average Bonchev–Trinajstić information content (AvgIpc) is 3.40. The maximum absolute atomic E-state index is 12.7. The van der Waals surface area contributed by atoms with Gasteiger partial charge >= 0.3 is 0 Å². The van der Waals surface area contributed by atoms with Crippen molar-refractivity contribution in [3.8, 4) is 11.8 Å². The van der Waals surface area contributed by atoms with Crippen molar-refractivity contribution < 1.29 is 4.79 Å². The van der Waals surface area contributed by atoms with E-state index in [0.29, 0.717) is 5.56 Å². The normalized spacial score (nSPS) is 12.3. The Morgan fingerprint density at radius 2 is 1.97 bits per heavy atom. The molecular weight excluding hydrogens is 372 g/mol. The van der Waals surface area contributed by atoms with Crippen molar-refractivity contribution in [1.29, 1.82) is 0 Å². The van der Waals surface area contributed by atoms with Crippen LogP contribution in [0, 0.1) is 18.8 Å². The SMILES string of the molecule is Cc1ccc(NC(=O)c2ccc3c(c2)CCC3)cc1C#Cc1cnc2cnccn12. The monoisotopic (exact) mass is 392 g/mol. The van der Waals surface area contributed by atoms with E-state index in [-0.39, 0.29) is 5.91 Å². The van der Waals surface area contributed by atoms with E-state index in [1.54, 1.807) is 18.6 Å². The Hall–Kier alpha value is -3.91. The van der Waals surface area contributed by atoms with Gasteiger partial charge in [-0.05, 0) is 73.1 Å². The number of aromatic nitrogens is 3. The summed E-state index contributed by atoms with van der Waals surface area (Å²) in [5.41, 5.74) is 7.55. The average molecular weight is 392 g/mol. The number of hydrogen-bond acceptors (Lipinski definition) is 3. The van der Waals surface area contributed by atoms with Crippen LogP contribution in [0.25, 0.3) is 5.65 Å². The zero-order valence-corrected chi connectivity index (χ0v) is 16.6. The van der Waals surface area contributed by atoms with Crippen molar-refractivity contribution in [1.82, 2.24) is 14.4 Å². The first-order valence-electron chi connectivity index (χ1n) is 10.0. The summed E-state index contributed by atoms with van der Waals surface area (Å²) < 4.78 is 1.90. The fourth-order valence-electron chi connectivity index (χ4n) is 3.82. The Kier molecular flexibility index (Phi) is 4.53. The first-order valence-corrected chi connectivity index (χ1v) is 10.0. The number of rotatable bonds is 2. The Labute approximate surface area is 174 Å². The van der Waals surface area contributed by atoms with Gasteiger partial charge in [-0.3, -0.25) is 14.2 Å². The number of fused-ring (bicyclic) bond motifs is 2. The lowest BCUT2D eigenvalue weighted by molar-refractivity contribution is 0.102. The van der Waals surface area contributed by atoms with Crippen molar-refractivity contribution in [2.75, 3.05) is 5.32 Å². The molecule has 0 radical (unpaired) electrons. The van der Waals surface area contributed by atoms with Crippen LogP contribution < -0.4 is 5.32 Å². The van der Waals surface area contributed by atoms with Gasteiger partial charge < -0.3 is 5.32 Å². The third-order valence-corrected chi connectivity index (χ3v) is 5.50. The van der Waals surface area contributed by atoms with Gasteiger partial charge in [0.15, 0.2) is 5.65 Å². The molecule has 0 bridgehead atoms. The van der Waals surface area contributed by atoms with Gasteiger partial charge in [-0.25, -0.2) is 4.98 Å². The highest BCUT2D eigenvalue weighted by molar-refractivity contribution is 6.04. The molecule has 0 saturated heterocycles. The molecule has 1 N–H and O–H groups in total. The molecule has 5 rings (SSSR count). The van der Waals surface area contributed by atoms with Crippen LogP contribution in [0.3, 0.4) is 0 Å². The Morgan fingerprint density at radius 3 is 2.90 bits per heavy atom. The van der Waals surface area contributed by atoms with Crippen molar-refractivity contribution in [2.45, 2.75) is 26.2 Å². The second-order valence-electron chi connectivity index (χ2n) is 7.52. The van der Waals surface area contributed by atoms with E-state index < -0.39 is 0 Å². The summed E-state index contributed by atoms with van der Waals surface area (Å²) in [5, 5.41) is 3.01. The number of nitrogens with zero attached hydrogens (tertiary/aromatic N) is 3. The molecule has 0 spiro atoms. The molecule has 4 aromatic rings. The van der Waals surface area contributed by atoms with Gasteiger partial charge in [0.1, 0.15) is 5.69 Å². The van der Waals surface area contributed by atoms with E-state index in [9.17, 15) is 4.79 Å². The van der Waals surface area contributed by atoms with Gasteiger partial charge in [-0.15, -0.1) is 0 Å². The van der Waals surface area contributed by atoms with Crippen LogP contribution in [-0.2, 0) is 12.8 Å². The fraction of sp³-hybridized carbons (Fsp3) is 0.160. The van der Waals surface area contributed by atoms with Gasteiger partial charge in [0.2, 0.25) is 0 Å². The molecule has 0 fully saturated rings. The van der Waals surface area contributed by atoms with Crippen LogP contribution in [-0.4, -0.2) is 20.3 Å². The molecule has 0 unspecified atom stereocenters. The molecule has 1 aliphatic rings. The number of nitrogens with one attached hydrogen (secondary N) is 1. The molecule has 2 aromatic heterocycles. The van der Waals surface area contributed by atoms with E-state index in [4.69, 9.17) is 0 Å². The third kappa shape index (κ3) is 3.44. The van der Waals surface area contributed by atoms with Gasteiger partial charge in [0.05, 0.1) is 12.4 Å². The molecule has 2 aromatic carbocycles. The summed E-state index contributed by atoms with van der Waals surface area (Å²) in [6.07, 6.45) is 10.3. The Morgan fingerprint density at radius 1 is 1.07 bits per heavy atom. The van der Waals surface area contributed by atoms with Crippen molar-refractivity contribution >= 4 is 17.2 Å². The minimum absolute atomic E-state index is 0.0956. The summed E-state index contributed by atoms with van der Waals surface area (Å²) in [6, 6.07) is 11.8. The van der Waals surface area contributed by atoms with E-state index >= 15 is 0 Å². The summed E-state index contributed by atoms with van der Waals surface area (Å²) >= 11 is 0. The van der Waals surface area contributed by atoms with Crippen LogP contribution in [0.15, 0.2) is 61.2 Å². The lowest BCUT2D eigenvalue weighted by atomic mass is 10.1. The molecule has 5 heteroatoms.